The van der Waals surface area contributed by atoms with Crippen molar-refractivity contribution in [3.8, 4) is 0 Å². The Bertz CT molecular complexity index is 126. The van der Waals surface area contributed by atoms with Gasteiger partial charge in [-0.15, -0.1) is 11.8 Å². The van der Waals surface area contributed by atoms with Crippen LogP contribution in [0.4, 0.5) is 0 Å². The summed E-state index contributed by atoms with van der Waals surface area (Å²) in [4.78, 5) is 11.6. The fourth-order valence-electron chi connectivity index (χ4n) is 0.543. The Morgan fingerprint density at radius 2 is 2.78 bits per heavy atom. The number of nitrogens with one attached hydrogen (secondary N) is 1. The molecule has 1 aliphatic rings. The molecular weight excluding hydrogens is 136 g/mol. The Balaban J connectivity index is 2.12. The second kappa shape index (κ2) is 3.40. The Labute approximate surface area is 58.1 Å². The highest BCUT2D eigenvalue weighted by molar-refractivity contribution is 8.02. The molecule has 0 unspecified atom stereocenters. The molecule has 0 bridgehead atoms. The van der Waals surface area contributed by atoms with Crippen molar-refractivity contribution in [3.63, 3.8) is 0 Å². The van der Waals surface area contributed by atoms with E-state index in [1.165, 1.54) is 0 Å². The lowest BCUT2D eigenvalue weighted by atomic mass is 10.8. The maximum absolute atomic E-state index is 9.67. The number of rotatable bonds is 3. The molecule has 3 nitrogen and oxygen atoms in total. The molecule has 1 aliphatic heterocycles. The number of carbonyl (C=O) groups excluding carboxylic acids is 1. The average Bonchev–Trinajstić information content (AvgIpc) is 2.34. The van der Waals surface area contributed by atoms with Crippen LogP contribution in [0.5, 0.6) is 0 Å². The van der Waals surface area contributed by atoms with E-state index in [1.807, 2.05) is 16.5 Å². The molecule has 1 radical (unpaired) electrons. The first kappa shape index (κ1) is 6.48. The molecule has 0 fully saturated rings. The summed E-state index contributed by atoms with van der Waals surface area (Å²) in [5.41, 5.74) is 0. The monoisotopic (exact) mass is 143 g/mol. The van der Waals surface area contributed by atoms with Crippen LogP contribution in [0.15, 0.2) is 11.6 Å². The summed E-state index contributed by atoms with van der Waals surface area (Å²) in [5.74, 6) is 0.925. The van der Waals surface area contributed by atoms with Gasteiger partial charge in [0.1, 0.15) is 0 Å². The molecule has 4 heteroatoms. The molecule has 0 aromatic heterocycles. The van der Waals surface area contributed by atoms with Crippen LogP contribution < -0.4 is 5.32 Å². The van der Waals surface area contributed by atoms with Gasteiger partial charge in [0.15, 0.2) is 0 Å². The summed E-state index contributed by atoms with van der Waals surface area (Å²) in [6, 6.07) is 0. The van der Waals surface area contributed by atoms with Gasteiger partial charge in [-0.1, -0.05) is 0 Å². The van der Waals surface area contributed by atoms with E-state index in [9.17, 15) is 4.79 Å². The van der Waals surface area contributed by atoms with Crippen molar-refractivity contribution < 1.29 is 4.79 Å². The summed E-state index contributed by atoms with van der Waals surface area (Å²) < 4.78 is 0. The van der Waals surface area contributed by atoms with E-state index in [-0.39, 0.29) is 0 Å². The second-order valence-electron chi connectivity index (χ2n) is 1.61. The zero-order chi connectivity index (χ0) is 6.53. The van der Waals surface area contributed by atoms with E-state index in [4.69, 9.17) is 0 Å². The van der Waals surface area contributed by atoms with Gasteiger partial charge in [0.25, 0.3) is 0 Å². The molecule has 0 aromatic carbocycles. The van der Waals surface area contributed by atoms with Gasteiger partial charge in [0, 0.05) is 6.20 Å². The molecule has 1 heterocycles. The number of hydrogen-bond acceptors (Lipinski definition) is 3. The molecule has 0 saturated heterocycles. The van der Waals surface area contributed by atoms with Crippen LogP contribution in [0.2, 0.25) is 0 Å². The van der Waals surface area contributed by atoms with Crippen LogP contribution in [0.1, 0.15) is 0 Å². The minimum atomic E-state index is 0.562. The number of hydrogen-bond donors (Lipinski definition) is 1. The third-order valence-corrected chi connectivity index (χ3v) is 1.76. The van der Waals surface area contributed by atoms with E-state index >= 15 is 0 Å². The predicted molar refractivity (Wildman–Crippen MR) is 37.1 cm³/mol. The molecule has 0 saturated carbocycles. The largest absolute Gasteiger partial charge is 0.350 e. The van der Waals surface area contributed by atoms with E-state index in [2.05, 4.69) is 5.32 Å². The number of thioether (sulfide) groups is 1. The van der Waals surface area contributed by atoms with Crippen LogP contribution in [-0.2, 0) is 4.79 Å². The summed E-state index contributed by atoms with van der Waals surface area (Å²) in [7, 11) is 0. The van der Waals surface area contributed by atoms with Crippen LogP contribution >= 0.6 is 11.8 Å². The molecule has 0 aliphatic carbocycles. The highest BCUT2D eigenvalue weighted by Crippen LogP contribution is 2.12. The SMILES string of the molecule is O=[C]NCN1C=CSC1. The van der Waals surface area contributed by atoms with Gasteiger partial charge in [-0.05, 0) is 5.41 Å². The molecule has 49 valence electrons. The van der Waals surface area contributed by atoms with Gasteiger partial charge in [-0.25, -0.2) is 0 Å². The van der Waals surface area contributed by atoms with Crippen molar-refractivity contribution in [2.75, 3.05) is 12.5 Å². The average molecular weight is 143 g/mol. The number of nitrogens with zero attached hydrogens (tertiary/aromatic N) is 1. The minimum absolute atomic E-state index is 0.562. The lowest BCUT2D eigenvalue weighted by Crippen LogP contribution is -2.27. The minimum Gasteiger partial charge on any atom is -0.350 e. The van der Waals surface area contributed by atoms with Crippen molar-refractivity contribution in [1.82, 2.24) is 10.2 Å². The maximum Gasteiger partial charge on any atom is 0.310 e. The Hall–Kier alpha value is -0.640. The van der Waals surface area contributed by atoms with Gasteiger partial charge < -0.3 is 10.2 Å². The molecule has 0 aromatic rings. The smallest absolute Gasteiger partial charge is 0.310 e. The third-order valence-electron chi connectivity index (χ3n) is 0.963. The summed E-state index contributed by atoms with van der Waals surface area (Å²) in [5, 5.41) is 4.44. The van der Waals surface area contributed by atoms with Crippen molar-refractivity contribution >= 4 is 18.2 Å². The molecule has 1 N–H and O–H groups in total. The summed E-state index contributed by atoms with van der Waals surface area (Å²) >= 11 is 1.71. The second-order valence-corrected chi connectivity index (χ2v) is 2.47. The van der Waals surface area contributed by atoms with Gasteiger partial charge in [-0.2, -0.15) is 0 Å². The fraction of sp³-hybridized carbons (Fsp3) is 0.400. The first-order valence-corrected chi connectivity index (χ1v) is 3.60. The van der Waals surface area contributed by atoms with Crippen molar-refractivity contribution in [3.05, 3.63) is 11.6 Å². The molecule has 9 heavy (non-hydrogen) atoms. The standard InChI is InChI=1S/C5H7N2OS/c8-4-6-3-7-1-2-9-5-7/h1-2H,3,5H2,(H,6,8). The highest BCUT2D eigenvalue weighted by Gasteiger charge is 2.01. The molecule has 1 amide bonds. The van der Waals surface area contributed by atoms with Gasteiger partial charge in [0.05, 0.1) is 12.5 Å². The van der Waals surface area contributed by atoms with Gasteiger partial charge >= 0.3 is 6.41 Å². The normalized spacial score (nSPS) is 16.2. The van der Waals surface area contributed by atoms with Crippen LogP contribution in [-0.4, -0.2) is 23.9 Å². The third kappa shape index (κ3) is 1.97. The zero-order valence-electron chi connectivity index (χ0n) is 4.83. The van der Waals surface area contributed by atoms with Gasteiger partial charge in [-0.3, -0.25) is 4.79 Å². The summed E-state index contributed by atoms with van der Waals surface area (Å²) in [6.07, 6.45) is 3.55. The van der Waals surface area contributed by atoms with Crippen LogP contribution in [0.3, 0.4) is 0 Å². The van der Waals surface area contributed by atoms with Gasteiger partial charge in [0.2, 0.25) is 0 Å². The number of amides is 1. The quantitative estimate of drug-likeness (QED) is 0.568. The van der Waals surface area contributed by atoms with E-state index in [0.717, 1.165) is 5.88 Å². The first-order chi connectivity index (χ1) is 4.43. The lowest BCUT2D eigenvalue weighted by Gasteiger charge is -2.11. The predicted octanol–water partition coefficient (Wildman–Crippen LogP) is 0.0782. The van der Waals surface area contributed by atoms with Crippen LogP contribution in [0, 0.1) is 0 Å². The van der Waals surface area contributed by atoms with E-state index < -0.39 is 0 Å². The Kier molecular flexibility index (Phi) is 2.45. The maximum atomic E-state index is 9.67. The van der Waals surface area contributed by atoms with E-state index in [0.29, 0.717) is 6.67 Å². The lowest BCUT2D eigenvalue weighted by molar-refractivity contribution is 0.425. The zero-order valence-corrected chi connectivity index (χ0v) is 5.65. The van der Waals surface area contributed by atoms with Crippen molar-refractivity contribution in [2.24, 2.45) is 0 Å². The Morgan fingerprint density at radius 3 is 3.33 bits per heavy atom. The molecular formula is C5H7N2OS. The summed E-state index contributed by atoms with van der Waals surface area (Å²) in [6.45, 7) is 0.562. The topological polar surface area (TPSA) is 32.3 Å². The van der Waals surface area contributed by atoms with Crippen LogP contribution in [0.25, 0.3) is 0 Å². The van der Waals surface area contributed by atoms with E-state index in [1.54, 1.807) is 18.2 Å². The van der Waals surface area contributed by atoms with Crippen molar-refractivity contribution in [1.29, 1.82) is 0 Å². The molecule has 1 rings (SSSR count). The highest BCUT2D eigenvalue weighted by atomic mass is 32.2. The molecule has 0 atom stereocenters. The Morgan fingerprint density at radius 1 is 1.89 bits per heavy atom. The fourth-order valence-corrected chi connectivity index (χ4v) is 1.26. The van der Waals surface area contributed by atoms with Crippen molar-refractivity contribution in [2.45, 2.75) is 0 Å². The first-order valence-electron chi connectivity index (χ1n) is 2.56. The molecule has 0 spiro atoms.